The lowest BCUT2D eigenvalue weighted by Gasteiger charge is -2.44. The zero-order chi connectivity index (χ0) is 11.9. The second-order valence-electron chi connectivity index (χ2n) is 4.67. The second kappa shape index (κ2) is 3.48. The van der Waals surface area contributed by atoms with Crippen LogP contribution < -0.4 is 0 Å². The van der Waals surface area contributed by atoms with Crippen LogP contribution in [-0.2, 0) is 14.3 Å². The first-order chi connectivity index (χ1) is 6.69. The molecule has 2 N–H and O–H groups in total. The Morgan fingerprint density at radius 3 is 2.13 bits per heavy atom. The fourth-order valence-corrected chi connectivity index (χ4v) is 2.04. The van der Waals surface area contributed by atoms with Crippen molar-refractivity contribution in [3.05, 3.63) is 0 Å². The molecule has 0 bridgehead atoms. The van der Waals surface area contributed by atoms with E-state index in [-0.39, 0.29) is 6.42 Å². The van der Waals surface area contributed by atoms with Crippen LogP contribution in [0.15, 0.2) is 0 Å². The van der Waals surface area contributed by atoms with Crippen LogP contribution in [-0.4, -0.2) is 33.4 Å². The Bertz CT molecular complexity index is 296. The third kappa shape index (κ3) is 2.12. The van der Waals surface area contributed by atoms with Crippen molar-refractivity contribution < 1.29 is 24.5 Å². The number of rotatable bonds is 2. The summed E-state index contributed by atoms with van der Waals surface area (Å²) in [5, 5.41) is 17.9. The summed E-state index contributed by atoms with van der Waals surface area (Å²) in [6.07, 6.45) is 0.549. The van der Waals surface area contributed by atoms with E-state index in [1.165, 1.54) is 6.92 Å². The fourth-order valence-electron chi connectivity index (χ4n) is 2.04. The van der Waals surface area contributed by atoms with E-state index in [0.29, 0.717) is 6.42 Å². The number of ether oxygens (including phenoxy) is 1. The Morgan fingerprint density at radius 2 is 1.80 bits per heavy atom. The van der Waals surface area contributed by atoms with E-state index in [0.717, 1.165) is 0 Å². The van der Waals surface area contributed by atoms with Crippen LogP contribution in [0.2, 0.25) is 0 Å². The van der Waals surface area contributed by atoms with E-state index >= 15 is 0 Å². The molecule has 5 heteroatoms. The Hall–Kier alpha value is -1.10. The lowest BCUT2D eigenvalue weighted by Crippen LogP contribution is -2.54. The number of hydrogen-bond acceptors (Lipinski definition) is 3. The van der Waals surface area contributed by atoms with Crippen LogP contribution in [0.3, 0.4) is 0 Å². The predicted octanol–water partition coefficient (Wildman–Crippen LogP) is 1.12. The molecule has 1 fully saturated rings. The van der Waals surface area contributed by atoms with E-state index in [2.05, 4.69) is 0 Å². The molecule has 1 saturated heterocycles. The zero-order valence-corrected chi connectivity index (χ0v) is 9.11. The van der Waals surface area contributed by atoms with Gasteiger partial charge in [0.25, 0.3) is 0 Å². The molecule has 15 heavy (non-hydrogen) atoms. The van der Waals surface area contributed by atoms with Crippen LogP contribution in [0, 0.1) is 5.92 Å². The van der Waals surface area contributed by atoms with Crippen molar-refractivity contribution in [3.63, 3.8) is 0 Å². The van der Waals surface area contributed by atoms with Crippen molar-refractivity contribution in [2.75, 3.05) is 0 Å². The molecule has 0 spiro atoms. The number of aliphatic carboxylic acids is 2. The first-order valence-corrected chi connectivity index (χ1v) is 4.85. The van der Waals surface area contributed by atoms with Crippen LogP contribution in [0.1, 0.15) is 33.6 Å². The maximum Gasteiger partial charge on any atom is 0.335 e. The molecule has 0 saturated carbocycles. The largest absolute Gasteiger partial charge is 0.481 e. The Labute approximate surface area is 88.0 Å². The van der Waals surface area contributed by atoms with Gasteiger partial charge in [0.05, 0.1) is 11.5 Å². The SMILES string of the molecule is CC1(C)O[C@@](C)(C(=O)O)CC[C@H]1C(=O)O. The molecule has 0 aliphatic carbocycles. The van der Waals surface area contributed by atoms with E-state index < -0.39 is 29.1 Å². The molecular weight excluding hydrogens is 200 g/mol. The molecule has 0 aromatic rings. The average molecular weight is 216 g/mol. The third-order valence-electron chi connectivity index (χ3n) is 2.99. The van der Waals surface area contributed by atoms with Crippen LogP contribution in [0.25, 0.3) is 0 Å². The first kappa shape index (κ1) is 12.0. The van der Waals surface area contributed by atoms with Gasteiger partial charge in [0.15, 0.2) is 5.60 Å². The van der Waals surface area contributed by atoms with Gasteiger partial charge < -0.3 is 14.9 Å². The lowest BCUT2D eigenvalue weighted by atomic mass is 9.79. The van der Waals surface area contributed by atoms with Gasteiger partial charge in [-0.15, -0.1) is 0 Å². The molecule has 0 aromatic carbocycles. The van der Waals surface area contributed by atoms with Crippen molar-refractivity contribution in [2.45, 2.75) is 44.8 Å². The quantitative estimate of drug-likeness (QED) is 0.722. The number of carbonyl (C=O) groups is 2. The minimum Gasteiger partial charge on any atom is -0.481 e. The van der Waals surface area contributed by atoms with Crippen molar-refractivity contribution in [1.82, 2.24) is 0 Å². The monoisotopic (exact) mass is 216 g/mol. The molecule has 2 atom stereocenters. The van der Waals surface area contributed by atoms with Gasteiger partial charge in [0.2, 0.25) is 0 Å². The number of hydrogen-bond donors (Lipinski definition) is 2. The van der Waals surface area contributed by atoms with Crippen molar-refractivity contribution >= 4 is 11.9 Å². The van der Waals surface area contributed by atoms with Crippen molar-refractivity contribution in [3.8, 4) is 0 Å². The van der Waals surface area contributed by atoms with Crippen molar-refractivity contribution in [2.24, 2.45) is 5.92 Å². The molecule has 1 rings (SSSR count). The van der Waals surface area contributed by atoms with Crippen molar-refractivity contribution in [1.29, 1.82) is 0 Å². The summed E-state index contributed by atoms with van der Waals surface area (Å²) in [5.41, 5.74) is -2.22. The van der Waals surface area contributed by atoms with Gasteiger partial charge in [-0.3, -0.25) is 4.79 Å². The summed E-state index contributed by atoms with van der Waals surface area (Å²) in [4.78, 5) is 21.9. The van der Waals surface area contributed by atoms with E-state index in [9.17, 15) is 9.59 Å². The number of carboxylic acid groups (broad SMARTS) is 2. The Kier molecular flexibility index (Phi) is 2.78. The second-order valence-corrected chi connectivity index (χ2v) is 4.67. The van der Waals surface area contributed by atoms with E-state index in [4.69, 9.17) is 14.9 Å². The highest BCUT2D eigenvalue weighted by Crippen LogP contribution is 2.39. The third-order valence-corrected chi connectivity index (χ3v) is 2.99. The van der Waals surface area contributed by atoms with Gasteiger partial charge in [0.1, 0.15) is 0 Å². The molecular formula is C10H16O5. The van der Waals surface area contributed by atoms with E-state index in [1.807, 2.05) is 0 Å². The summed E-state index contributed by atoms with van der Waals surface area (Å²) >= 11 is 0. The molecule has 1 aliphatic rings. The molecule has 0 unspecified atom stereocenters. The topological polar surface area (TPSA) is 83.8 Å². The van der Waals surface area contributed by atoms with Crippen LogP contribution >= 0.6 is 0 Å². The summed E-state index contributed by atoms with van der Waals surface area (Å²) in [5.74, 6) is -2.63. The average Bonchev–Trinajstić information content (AvgIpc) is 2.00. The van der Waals surface area contributed by atoms with Crippen LogP contribution in [0.4, 0.5) is 0 Å². The van der Waals surface area contributed by atoms with E-state index in [1.54, 1.807) is 13.8 Å². The summed E-state index contributed by atoms with van der Waals surface area (Å²) < 4.78 is 5.42. The molecule has 86 valence electrons. The lowest BCUT2D eigenvalue weighted by molar-refractivity contribution is -0.216. The van der Waals surface area contributed by atoms with Gasteiger partial charge in [-0.2, -0.15) is 0 Å². The fraction of sp³-hybridized carbons (Fsp3) is 0.800. The summed E-state index contributed by atoms with van der Waals surface area (Å²) in [7, 11) is 0. The minimum atomic E-state index is -1.27. The number of carboxylic acids is 2. The molecule has 1 heterocycles. The summed E-state index contributed by atoms with van der Waals surface area (Å²) in [6.45, 7) is 4.72. The summed E-state index contributed by atoms with van der Waals surface area (Å²) in [6, 6.07) is 0. The van der Waals surface area contributed by atoms with Gasteiger partial charge in [-0.1, -0.05) is 0 Å². The Balaban J connectivity index is 2.90. The molecule has 5 nitrogen and oxygen atoms in total. The Morgan fingerprint density at radius 1 is 1.27 bits per heavy atom. The molecule has 0 aromatic heterocycles. The van der Waals surface area contributed by atoms with Gasteiger partial charge >= 0.3 is 11.9 Å². The minimum absolute atomic E-state index is 0.225. The highest BCUT2D eigenvalue weighted by atomic mass is 16.5. The normalized spacial score (nSPS) is 34.7. The predicted molar refractivity (Wildman–Crippen MR) is 51.6 cm³/mol. The maximum absolute atomic E-state index is 11.0. The first-order valence-electron chi connectivity index (χ1n) is 4.85. The molecule has 0 amide bonds. The highest BCUT2D eigenvalue weighted by Gasteiger charge is 2.50. The standard InChI is InChI=1S/C10H16O5/c1-9(2)6(7(11)12)4-5-10(3,15-9)8(13)14/h6H,4-5H2,1-3H3,(H,11,12)(H,13,14)/t6-,10+/m0/s1. The van der Waals surface area contributed by atoms with Gasteiger partial charge in [0, 0.05) is 0 Å². The zero-order valence-electron chi connectivity index (χ0n) is 9.11. The smallest absolute Gasteiger partial charge is 0.335 e. The maximum atomic E-state index is 11.0. The highest BCUT2D eigenvalue weighted by molar-refractivity contribution is 5.78. The van der Waals surface area contributed by atoms with Gasteiger partial charge in [-0.05, 0) is 33.6 Å². The van der Waals surface area contributed by atoms with Crippen LogP contribution in [0.5, 0.6) is 0 Å². The molecule has 1 aliphatic heterocycles. The van der Waals surface area contributed by atoms with Gasteiger partial charge in [-0.25, -0.2) is 4.79 Å². The molecule has 0 radical (unpaired) electrons.